The van der Waals surface area contributed by atoms with E-state index in [-0.39, 0.29) is 18.5 Å². The van der Waals surface area contributed by atoms with Gasteiger partial charge in [-0.15, -0.1) is 28.7 Å². The van der Waals surface area contributed by atoms with E-state index >= 15 is 0 Å². The average molecular weight is 580 g/mol. The summed E-state index contributed by atoms with van der Waals surface area (Å²) in [5.74, 6) is 0. The molecule has 0 amide bonds. The maximum absolute atomic E-state index is 3.46. The predicted octanol–water partition coefficient (Wildman–Crippen LogP) is 8.38. The van der Waals surface area contributed by atoms with Crippen LogP contribution in [0.2, 0.25) is 0 Å². The Bertz CT molecular complexity index is 954. The zero-order valence-corrected chi connectivity index (χ0v) is 23.3. The number of fused-ring (bicyclic) bond motifs is 3. The Morgan fingerprint density at radius 1 is 0.929 bits per heavy atom. The van der Waals surface area contributed by atoms with Gasteiger partial charge in [-0.05, 0) is 0 Å². The number of benzene rings is 2. The molecule has 3 heteroatoms. The van der Waals surface area contributed by atoms with Crippen molar-refractivity contribution in [2.45, 2.75) is 54.4 Å². The van der Waals surface area contributed by atoms with Crippen LogP contribution in [0.1, 0.15) is 52.8 Å². The van der Waals surface area contributed by atoms with Gasteiger partial charge in [-0.25, -0.2) is 0 Å². The molecule has 1 aliphatic rings. The van der Waals surface area contributed by atoms with Crippen molar-refractivity contribution in [1.82, 2.24) is 0 Å². The van der Waals surface area contributed by atoms with Gasteiger partial charge in [-0.1, -0.05) is 84.0 Å². The van der Waals surface area contributed by atoms with Crippen LogP contribution in [-0.2, 0) is 31.4 Å². The van der Waals surface area contributed by atoms with Crippen molar-refractivity contribution in [2.24, 2.45) is 0 Å². The van der Waals surface area contributed by atoms with E-state index in [4.69, 9.17) is 0 Å². The molecule has 0 saturated heterocycles. The molecule has 146 valence electrons. The standard InChI is InChI=1S/C14H11.C11H17.2BrH.Zr/c1-10-8-12-7-6-11-4-2-3-5-13(11)14(12)9-10;1-6-11-9(4)7(2)8(3)10(11)5;;;/h2-7H,8H2,1H3;6H2,1-5H3;2*1H;/q2*-1;;;+4/p-2. The molecule has 0 bridgehead atoms. The van der Waals surface area contributed by atoms with Crippen LogP contribution >= 0.6 is 24.4 Å². The Hall–Kier alpha value is -0.367. The Morgan fingerprint density at radius 3 is 2.04 bits per heavy atom. The topological polar surface area (TPSA) is 0 Å². The molecule has 3 aromatic carbocycles. The monoisotopic (exact) mass is 576 g/mol. The Balaban J connectivity index is 0.000000181. The van der Waals surface area contributed by atoms with Crippen molar-refractivity contribution >= 4 is 35.2 Å². The first-order chi connectivity index (χ1) is 13.3. The maximum atomic E-state index is 3.46. The van der Waals surface area contributed by atoms with E-state index < -0.39 is 0 Å². The van der Waals surface area contributed by atoms with Crippen LogP contribution in [-0.4, -0.2) is 0 Å². The molecule has 0 aliphatic heterocycles. The van der Waals surface area contributed by atoms with Crippen molar-refractivity contribution in [3.8, 4) is 0 Å². The first-order valence-electron chi connectivity index (χ1n) is 9.63. The van der Waals surface area contributed by atoms with Crippen molar-refractivity contribution in [2.75, 3.05) is 0 Å². The summed E-state index contributed by atoms with van der Waals surface area (Å²) >= 11 is 6.32. The number of hydrogen-bond donors (Lipinski definition) is 0. The zero-order valence-electron chi connectivity index (χ0n) is 17.6. The molecular weight excluding hydrogens is 551 g/mol. The molecule has 0 heterocycles. The molecule has 0 N–H and O–H groups in total. The van der Waals surface area contributed by atoms with Gasteiger partial charge in [0.2, 0.25) is 0 Å². The Labute approximate surface area is 193 Å². The number of allylic oxidation sites excluding steroid dienone is 1. The third kappa shape index (κ3) is 5.41. The van der Waals surface area contributed by atoms with E-state index in [9.17, 15) is 0 Å². The van der Waals surface area contributed by atoms with E-state index in [1.165, 1.54) is 56.1 Å². The molecule has 0 nitrogen and oxygen atoms in total. The van der Waals surface area contributed by atoms with E-state index in [1.807, 2.05) is 0 Å². The molecule has 0 aromatic heterocycles. The molecule has 0 spiro atoms. The van der Waals surface area contributed by atoms with Crippen LogP contribution in [0.25, 0.3) is 10.8 Å². The van der Waals surface area contributed by atoms with E-state index in [2.05, 4.69) is 108 Å². The predicted molar refractivity (Wildman–Crippen MR) is 127 cm³/mol. The molecule has 0 radical (unpaired) electrons. The molecule has 0 fully saturated rings. The molecule has 28 heavy (non-hydrogen) atoms. The molecule has 1 aliphatic carbocycles. The molecule has 0 atom stereocenters. The zero-order chi connectivity index (χ0) is 20.8. The van der Waals surface area contributed by atoms with E-state index in [0.29, 0.717) is 0 Å². The average Bonchev–Trinajstić information content (AvgIpc) is 3.16. The third-order valence-electron chi connectivity index (χ3n) is 5.76. The van der Waals surface area contributed by atoms with Crippen LogP contribution in [0.3, 0.4) is 0 Å². The SMILES string of the molecule is CC1=[C-]c2c(ccc3ccccc23)C1.CC[c-]1c(C)c(C)c(C)c1C.[Br][Zr+2][Br]. The fourth-order valence-electron chi connectivity index (χ4n) is 3.98. The third-order valence-corrected chi connectivity index (χ3v) is 5.76. The summed E-state index contributed by atoms with van der Waals surface area (Å²) in [6.07, 6.45) is 5.70. The normalized spacial score (nSPS) is 11.6. The summed E-state index contributed by atoms with van der Waals surface area (Å²) in [4.78, 5) is 0. The second kappa shape index (κ2) is 11.1. The summed E-state index contributed by atoms with van der Waals surface area (Å²) in [7, 11) is 0. The van der Waals surface area contributed by atoms with Gasteiger partial charge in [0.1, 0.15) is 0 Å². The van der Waals surface area contributed by atoms with Crippen molar-refractivity contribution in [3.05, 3.63) is 87.0 Å². The van der Waals surface area contributed by atoms with Crippen LogP contribution in [0, 0.1) is 33.8 Å². The van der Waals surface area contributed by atoms with Gasteiger partial charge in [0, 0.05) is 0 Å². The Morgan fingerprint density at radius 2 is 1.50 bits per heavy atom. The first-order valence-corrected chi connectivity index (χ1v) is 20.9. The fraction of sp³-hybridized carbons (Fsp3) is 0.320. The molecule has 4 rings (SSSR count). The second-order valence-electron chi connectivity index (χ2n) is 7.31. The molecule has 3 aromatic rings. The van der Waals surface area contributed by atoms with Gasteiger partial charge in [0.15, 0.2) is 0 Å². The summed E-state index contributed by atoms with van der Waals surface area (Å²) in [5, 5.41) is 2.65. The van der Waals surface area contributed by atoms with Crippen LogP contribution in [0.15, 0.2) is 42.0 Å². The quantitative estimate of drug-likeness (QED) is 0.254. The van der Waals surface area contributed by atoms with Gasteiger partial charge >= 0.3 is 43.0 Å². The van der Waals surface area contributed by atoms with Crippen molar-refractivity contribution < 1.29 is 18.5 Å². The van der Waals surface area contributed by atoms with Crippen molar-refractivity contribution in [1.29, 1.82) is 0 Å². The number of hydrogen-bond acceptors (Lipinski definition) is 0. The molecule has 0 saturated carbocycles. The van der Waals surface area contributed by atoms with E-state index in [0.717, 1.165) is 6.42 Å². The van der Waals surface area contributed by atoms with Gasteiger partial charge in [0.25, 0.3) is 0 Å². The number of halogens is 2. The van der Waals surface area contributed by atoms with Gasteiger partial charge < -0.3 is 0 Å². The summed E-state index contributed by atoms with van der Waals surface area (Å²) in [6.45, 7) is 13.3. The molecule has 0 unspecified atom stereocenters. The van der Waals surface area contributed by atoms with Crippen LogP contribution in [0.5, 0.6) is 0 Å². The summed E-state index contributed by atoms with van der Waals surface area (Å²) in [5.41, 5.74) is 11.6. The summed E-state index contributed by atoms with van der Waals surface area (Å²) < 4.78 is 0. The van der Waals surface area contributed by atoms with E-state index in [1.54, 1.807) is 5.56 Å². The minimum atomic E-state index is -0.145. The van der Waals surface area contributed by atoms with Crippen molar-refractivity contribution in [3.63, 3.8) is 0 Å². The van der Waals surface area contributed by atoms with Gasteiger partial charge in [0.05, 0.1) is 0 Å². The minimum absolute atomic E-state index is 0.145. The first kappa shape index (κ1) is 23.9. The fourth-order valence-corrected chi connectivity index (χ4v) is 3.98. The van der Waals surface area contributed by atoms with Crippen LogP contribution < -0.4 is 0 Å². The van der Waals surface area contributed by atoms with Gasteiger partial charge in [-0.2, -0.15) is 39.5 Å². The number of rotatable bonds is 1. The molecular formula is C25H28Br2Zr. The second-order valence-corrected chi connectivity index (χ2v) is 18.6. The summed E-state index contributed by atoms with van der Waals surface area (Å²) in [6, 6.07) is 12.9. The van der Waals surface area contributed by atoms with Crippen LogP contribution in [0.4, 0.5) is 0 Å². The Kier molecular flexibility index (Phi) is 9.51. The van der Waals surface area contributed by atoms with Gasteiger partial charge in [-0.3, -0.25) is 0 Å².